The van der Waals surface area contributed by atoms with Gasteiger partial charge in [0.15, 0.2) is 6.04 Å². The van der Waals surface area contributed by atoms with Crippen molar-refractivity contribution in [3.05, 3.63) is 65.7 Å². The minimum atomic E-state index is -0.583. The molecule has 4 heteroatoms. The Morgan fingerprint density at radius 1 is 0.778 bits per heavy atom. The molecule has 4 nitrogen and oxygen atoms in total. The van der Waals surface area contributed by atoms with Gasteiger partial charge in [0, 0.05) is 12.0 Å². The number of esters is 1. The van der Waals surface area contributed by atoms with Gasteiger partial charge in [0.25, 0.3) is 0 Å². The Morgan fingerprint density at radius 2 is 1.36 bits per heavy atom. The highest BCUT2D eigenvalue weighted by Crippen LogP contribution is 2.20. The Labute approximate surface area is 220 Å². The Morgan fingerprint density at radius 3 is 1.94 bits per heavy atom. The number of hydrogen-bond acceptors (Lipinski definition) is 3. The number of hydrogen-bond donors (Lipinski definition) is 0. The van der Waals surface area contributed by atoms with Crippen LogP contribution in [0.1, 0.15) is 96.1 Å². The number of likely N-dealkylation sites (N-methyl/N-ethyl adjacent to an activating group) is 1. The van der Waals surface area contributed by atoms with Gasteiger partial charge in [-0.3, -0.25) is 0 Å². The van der Waals surface area contributed by atoms with Crippen molar-refractivity contribution in [1.82, 2.24) is 0 Å². The lowest BCUT2D eigenvalue weighted by Crippen LogP contribution is -2.52. The zero-order valence-electron chi connectivity index (χ0n) is 23.5. The molecule has 0 N–H and O–H groups in total. The molecule has 0 amide bonds. The second kappa shape index (κ2) is 16.4. The highest BCUT2D eigenvalue weighted by molar-refractivity contribution is 5.74. The first kappa shape index (κ1) is 29.9. The molecule has 0 aliphatic carbocycles. The predicted octanol–water partition coefficient (Wildman–Crippen LogP) is 8.08. The molecule has 2 unspecified atom stereocenters. The maximum absolute atomic E-state index is 12.9. The van der Waals surface area contributed by atoms with Crippen LogP contribution in [0.15, 0.2) is 54.6 Å². The summed E-state index contributed by atoms with van der Waals surface area (Å²) in [7, 11) is 4.13. The van der Waals surface area contributed by atoms with Gasteiger partial charge in [-0.05, 0) is 37.5 Å². The average molecular weight is 497 g/mol. The van der Waals surface area contributed by atoms with Gasteiger partial charge < -0.3 is 14.0 Å². The van der Waals surface area contributed by atoms with Crippen molar-refractivity contribution >= 4 is 5.97 Å². The number of unbranched alkanes of at least 4 members (excludes halogenated alkanes) is 8. The van der Waals surface area contributed by atoms with E-state index in [0.717, 1.165) is 18.7 Å². The van der Waals surface area contributed by atoms with Gasteiger partial charge in [0.1, 0.15) is 12.3 Å². The molecular weight excluding hydrogens is 446 g/mol. The molecule has 0 bridgehead atoms. The fourth-order valence-corrected chi connectivity index (χ4v) is 4.42. The van der Waals surface area contributed by atoms with Crippen LogP contribution in [0.4, 0.5) is 0 Å². The molecule has 0 aliphatic heterocycles. The lowest BCUT2D eigenvalue weighted by molar-refractivity contribution is -0.917. The minimum Gasteiger partial charge on any atom is -0.455 e. The van der Waals surface area contributed by atoms with Crippen LogP contribution in [0.3, 0.4) is 0 Å². The van der Waals surface area contributed by atoms with Crippen LogP contribution in [-0.4, -0.2) is 36.9 Å². The molecule has 2 atom stereocenters. The summed E-state index contributed by atoms with van der Waals surface area (Å²) in [5.74, 6) is 0.515. The molecule has 0 radical (unpaired) electrons. The van der Waals surface area contributed by atoms with E-state index in [2.05, 4.69) is 45.3 Å². The van der Waals surface area contributed by atoms with Crippen LogP contribution in [0, 0.1) is 0 Å². The zero-order chi connectivity index (χ0) is 26.2. The Kier molecular flexibility index (Phi) is 13.6. The van der Waals surface area contributed by atoms with E-state index in [1.54, 1.807) is 0 Å². The maximum Gasteiger partial charge on any atom is 0.367 e. The molecule has 0 spiro atoms. The van der Waals surface area contributed by atoms with E-state index in [0.29, 0.717) is 10.9 Å². The van der Waals surface area contributed by atoms with Crippen LogP contribution in [0.5, 0.6) is 5.75 Å². The number of ether oxygens (including phenoxy) is 2. The Balaban J connectivity index is 1.73. The average Bonchev–Trinajstić information content (AvgIpc) is 2.88. The van der Waals surface area contributed by atoms with Crippen molar-refractivity contribution in [2.24, 2.45) is 0 Å². The van der Waals surface area contributed by atoms with Gasteiger partial charge in [-0.25, -0.2) is 4.79 Å². The number of benzene rings is 2. The number of rotatable bonds is 18. The lowest BCUT2D eigenvalue weighted by atomic mass is 10.0. The topological polar surface area (TPSA) is 35.5 Å². The fraction of sp³-hybridized carbons (Fsp3) is 0.594. The summed E-state index contributed by atoms with van der Waals surface area (Å²) < 4.78 is 12.3. The summed E-state index contributed by atoms with van der Waals surface area (Å²) in [5.41, 5.74) is 2.54. The zero-order valence-corrected chi connectivity index (χ0v) is 23.5. The van der Waals surface area contributed by atoms with Crippen molar-refractivity contribution < 1.29 is 18.8 Å². The van der Waals surface area contributed by atoms with E-state index in [4.69, 9.17) is 9.47 Å². The largest absolute Gasteiger partial charge is 0.455 e. The Bertz CT molecular complexity index is 847. The van der Waals surface area contributed by atoms with Gasteiger partial charge in [-0.2, -0.15) is 0 Å². The highest BCUT2D eigenvalue weighted by atomic mass is 16.7. The van der Waals surface area contributed by atoms with E-state index in [1.165, 1.54) is 68.9 Å². The quantitative estimate of drug-likeness (QED) is 0.0905. The number of nitrogens with zero attached hydrogens (tertiary/aromatic N) is 1. The SMILES string of the molecule is CCCCCCCCCCCc1ccc(OC(CC)OC(=O)C(C)[N+](C)(C)Cc2ccccc2)cc1. The maximum atomic E-state index is 12.9. The summed E-state index contributed by atoms with van der Waals surface area (Å²) in [4.78, 5) is 12.9. The van der Waals surface area contributed by atoms with Crippen molar-refractivity contribution in [3.8, 4) is 5.75 Å². The summed E-state index contributed by atoms with van der Waals surface area (Å²) in [6.07, 6.45) is 13.3. The third kappa shape index (κ3) is 11.2. The van der Waals surface area contributed by atoms with Crippen molar-refractivity contribution in [2.75, 3.05) is 14.1 Å². The minimum absolute atomic E-state index is 0.232. The molecule has 36 heavy (non-hydrogen) atoms. The van der Waals surface area contributed by atoms with Crippen molar-refractivity contribution in [2.45, 2.75) is 110 Å². The van der Waals surface area contributed by atoms with Crippen molar-refractivity contribution in [1.29, 1.82) is 0 Å². The van der Waals surface area contributed by atoms with Crippen LogP contribution in [0.25, 0.3) is 0 Å². The molecule has 200 valence electrons. The van der Waals surface area contributed by atoms with Crippen LogP contribution in [0.2, 0.25) is 0 Å². The summed E-state index contributed by atoms with van der Waals surface area (Å²) in [6.45, 7) is 6.93. The fourth-order valence-electron chi connectivity index (χ4n) is 4.42. The Hall–Kier alpha value is -2.33. The van der Waals surface area contributed by atoms with Crippen molar-refractivity contribution in [3.63, 3.8) is 0 Å². The molecule has 0 aromatic heterocycles. The molecule has 0 fully saturated rings. The number of carbonyl (C=O) groups excluding carboxylic acids is 1. The van der Waals surface area contributed by atoms with E-state index in [1.807, 2.05) is 44.2 Å². The standard InChI is InChI=1S/C32H50NO3/c1-6-8-9-10-11-12-13-14-16-19-28-22-24-30(25-23-28)35-31(7-2)36-32(34)27(3)33(4,5)26-29-20-17-15-18-21-29/h15,17-18,20-25,27,31H,6-14,16,19,26H2,1-5H3/q+1. The summed E-state index contributed by atoms with van der Waals surface area (Å²) in [5, 5.41) is 0. The summed E-state index contributed by atoms with van der Waals surface area (Å²) >= 11 is 0. The molecule has 0 aliphatic rings. The van der Waals surface area contributed by atoms with Gasteiger partial charge in [0.05, 0.1) is 14.1 Å². The number of aryl methyl sites for hydroxylation is 1. The first-order valence-corrected chi connectivity index (χ1v) is 14.2. The van der Waals surface area contributed by atoms with Gasteiger partial charge >= 0.3 is 5.97 Å². The molecule has 0 saturated heterocycles. The number of carbonyl (C=O) groups is 1. The molecule has 0 saturated carbocycles. The van der Waals surface area contributed by atoms with Gasteiger partial charge in [-0.15, -0.1) is 0 Å². The second-order valence-corrected chi connectivity index (χ2v) is 10.7. The van der Waals surface area contributed by atoms with E-state index in [-0.39, 0.29) is 12.0 Å². The van der Waals surface area contributed by atoms with E-state index >= 15 is 0 Å². The number of quaternary nitrogens is 1. The molecule has 2 aromatic rings. The normalized spacial score (nSPS) is 13.2. The highest BCUT2D eigenvalue weighted by Gasteiger charge is 2.33. The monoisotopic (exact) mass is 496 g/mol. The third-order valence-corrected chi connectivity index (χ3v) is 7.16. The molecule has 2 aromatic carbocycles. The van der Waals surface area contributed by atoms with E-state index < -0.39 is 6.29 Å². The molecule has 0 heterocycles. The lowest BCUT2D eigenvalue weighted by Gasteiger charge is -2.35. The van der Waals surface area contributed by atoms with Gasteiger partial charge in [0.2, 0.25) is 6.29 Å². The molecule has 2 rings (SSSR count). The van der Waals surface area contributed by atoms with Gasteiger partial charge in [-0.1, -0.05) is 108 Å². The first-order valence-electron chi connectivity index (χ1n) is 14.2. The van der Waals surface area contributed by atoms with Crippen LogP contribution >= 0.6 is 0 Å². The molecular formula is C32H50NO3+. The van der Waals surface area contributed by atoms with E-state index in [9.17, 15) is 4.79 Å². The van der Waals surface area contributed by atoms with Crippen LogP contribution < -0.4 is 4.74 Å². The summed E-state index contributed by atoms with van der Waals surface area (Å²) in [6, 6.07) is 18.2. The third-order valence-electron chi connectivity index (χ3n) is 7.16. The predicted molar refractivity (Wildman–Crippen MR) is 150 cm³/mol. The van der Waals surface area contributed by atoms with Crippen LogP contribution in [-0.2, 0) is 22.5 Å². The second-order valence-electron chi connectivity index (χ2n) is 10.7. The first-order chi connectivity index (χ1) is 17.4. The smallest absolute Gasteiger partial charge is 0.367 e.